The summed E-state index contributed by atoms with van der Waals surface area (Å²) in [6.45, 7) is 1.98. The lowest BCUT2D eigenvalue weighted by Crippen LogP contribution is -2.18. The molecule has 4 heterocycles. The number of hydrogen-bond acceptors (Lipinski definition) is 9. The number of esters is 1. The molecule has 0 saturated heterocycles. The van der Waals surface area contributed by atoms with Gasteiger partial charge in [-0.15, -0.1) is 0 Å². The van der Waals surface area contributed by atoms with Gasteiger partial charge in [-0.25, -0.2) is 14.8 Å². The quantitative estimate of drug-likeness (QED) is 0.290. The third kappa shape index (κ3) is 5.53. The number of nitrogen functional groups attached to an aromatic ring is 1. The minimum absolute atomic E-state index is 0.0203. The first kappa shape index (κ1) is 25.7. The SMILES string of the molecule is CCOC(=O)c1ccc(CC(=O)Nc2nc(-c3cc(Cl)c4ncccc4c3)c(-c3ccn(C)n3)nc2N)nc1. The standard InChI is InChI=1S/C27H23ClN8O3/c1-3-39-27(38)16-6-7-18(31-14-16)13-21(37)32-26-25(29)33-24(20-8-10-36(2)35-20)23(34-26)17-11-15-5-4-9-30-22(15)19(28)12-17/h4-12,14H,3,13H2,1-2H3,(H2,29,33)(H,32,34,37). The Bertz CT molecular complexity index is 1700. The summed E-state index contributed by atoms with van der Waals surface area (Å²) < 4.78 is 6.60. The number of anilines is 2. The molecular weight excluding hydrogens is 520 g/mol. The Morgan fingerprint density at radius 1 is 1.10 bits per heavy atom. The Morgan fingerprint density at radius 2 is 1.95 bits per heavy atom. The molecule has 0 unspecified atom stereocenters. The molecule has 0 radical (unpaired) electrons. The summed E-state index contributed by atoms with van der Waals surface area (Å²) >= 11 is 6.55. The van der Waals surface area contributed by atoms with Gasteiger partial charge in [0.25, 0.3) is 0 Å². The molecule has 0 aliphatic heterocycles. The second-order valence-corrected chi connectivity index (χ2v) is 8.95. The highest BCUT2D eigenvalue weighted by Crippen LogP contribution is 2.35. The molecule has 12 heteroatoms. The summed E-state index contributed by atoms with van der Waals surface area (Å²) in [6.07, 6.45) is 4.75. The number of benzene rings is 1. The summed E-state index contributed by atoms with van der Waals surface area (Å²) in [5.41, 5.74) is 9.71. The van der Waals surface area contributed by atoms with E-state index in [4.69, 9.17) is 22.1 Å². The molecule has 0 atom stereocenters. The Morgan fingerprint density at radius 3 is 2.67 bits per heavy atom. The zero-order valence-electron chi connectivity index (χ0n) is 21.1. The number of hydrogen-bond donors (Lipinski definition) is 2. The van der Waals surface area contributed by atoms with Crippen LogP contribution in [0.3, 0.4) is 0 Å². The fraction of sp³-hybridized carbons (Fsp3) is 0.148. The van der Waals surface area contributed by atoms with Crippen molar-refractivity contribution in [1.82, 2.24) is 29.7 Å². The van der Waals surface area contributed by atoms with Crippen LogP contribution in [0.1, 0.15) is 23.0 Å². The van der Waals surface area contributed by atoms with Crippen LogP contribution >= 0.6 is 11.6 Å². The number of nitrogens with two attached hydrogens (primary N) is 1. The van der Waals surface area contributed by atoms with Crippen molar-refractivity contribution in [2.45, 2.75) is 13.3 Å². The van der Waals surface area contributed by atoms with E-state index in [0.29, 0.717) is 44.4 Å². The highest BCUT2D eigenvalue weighted by molar-refractivity contribution is 6.35. The van der Waals surface area contributed by atoms with Gasteiger partial charge in [0.1, 0.15) is 17.1 Å². The van der Waals surface area contributed by atoms with E-state index in [0.717, 1.165) is 5.39 Å². The maximum absolute atomic E-state index is 12.9. The summed E-state index contributed by atoms with van der Waals surface area (Å²) in [5.74, 6) is -0.786. The number of halogens is 1. The molecule has 0 aliphatic carbocycles. The lowest BCUT2D eigenvalue weighted by atomic mass is 10.0. The molecule has 39 heavy (non-hydrogen) atoms. The monoisotopic (exact) mass is 542 g/mol. The number of fused-ring (bicyclic) bond motifs is 1. The maximum Gasteiger partial charge on any atom is 0.339 e. The van der Waals surface area contributed by atoms with Gasteiger partial charge in [0.15, 0.2) is 11.6 Å². The minimum Gasteiger partial charge on any atom is -0.462 e. The Labute approximate surface area is 228 Å². The smallest absolute Gasteiger partial charge is 0.339 e. The molecule has 1 aromatic carbocycles. The van der Waals surface area contributed by atoms with Gasteiger partial charge in [0, 0.05) is 42.3 Å². The topological polar surface area (TPSA) is 151 Å². The van der Waals surface area contributed by atoms with Crippen LogP contribution in [0.25, 0.3) is 33.5 Å². The van der Waals surface area contributed by atoms with E-state index >= 15 is 0 Å². The molecule has 3 N–H and O–H groups in total. The van der Waals surface area contributed by atoms with Crippen molar-refractivity contribution < 1.29 is 14.3 Å². The molecule has 5 aromatic rings. The first-order chi connectivity index (χ1) is 18.8. The number of ether oxygens (including phenoxy) is 1. The van der Waals surface area contributed by atoms with Gasteiger partial charge in [-0.3, -0.25) is 19.4 Å². The third-order valence-electron chi connectivity index (χ3n) is 5.75. The van der Waals surface area contributed by atoms with Gasteiger partial charge in [-0.1, -0.05) is 17.7 Å². The number of pyridine rings is 2. The van der Waals surface area contributed by atoms with Crippen LogP contribution in [0.4, 0.5) is 11.6 Å². The second kappa shape index (κ2) is 10.8. The molecule has 0 spiro atoms. The molecule has 0 bridgehead atoms. The van der Waals surface area contributed by atoms with Gasteiger partial charge >= 0.3 is 5.97 Å². The summed E-state index contributed by atoms with van der Waals surface area (Å²) in [6, 6.07) is 12.3. The van der Waals surface area contributed by atoms with Crippen LogP contribution in [-0.2, 0) is 23.0 Å². The average molecular weight is 543 g/mol. The Hall–Kier alpha value is -4.90. The fourth-order valence-electron chi connectivity index (χ4n) is 3.95. The highest BCUT2D eigenvalue weighted by Gasteiger charge is 2.20. The van der Waals surface area contributed by atoms with E-state index in [1.54, 1.807) is 55.3 Å². The van der Waals surface area contributed by atoms with Crippen LogP contribution in [0, 0.1) is 0 Å². The van der Waals surface area contributed by atoms with E-state index < -0.39 is 11.9 Å². The number of rotatable bonds is 7. The lowest BCUT2D eigenvalue weighted by Gasteiger charge is -2.13. The number of carbonyl (C=O) groups excluding carboxylic acids is 2. The second-order valence-electron chi connectivity index (χ2n) is 8.55. The van der Waals surface area contributed by atoms with Crippen LogP contribution < -0.4 is 11.1 Å². The third-order valence-corrected chi connectivity index (χ3v) is 6.03. The van der Waals surface area contributed by atoms with Crippen molar-refractivity contribution in [2.75, 3.05) is 17.7 Å². The molecule has 0 saturated carbocycles. The average Bonchev–Trinajstić information content (AvgIpc) is 3.36. The Balaban J connectivity index is 1.48. The highest BCUT2D eigenvalue weighted by atomic mass is 35.5. The van der Waals surface area contributed by atoms with Crippen molar-refractivity contribution in [3.63, 3.8) is 0 Å². The first-order valence-corrected chi connectivity index (χ1v) is 12.3. The molecule has 11 nitrogen and oxygen atoms in total. The van der Waals surface area contributed by atoms with Crippen molar-refractivity contribution in [1.29, 1.82) is 0 Å². The molecule has 5 rings (SSSR count). The van der Waals surface area contributed by atoms with Gasteiger partial charge in [-0.2, -0.15) is 5.10 Å². The zero-order chi connectivity index (χ0) is 27.5. The van der Waals surface area contributed by atoms with Crippen molar-refractivity contribution in [3.8, 4) is 22.6 Å². The summed E-state index contributed by atoms with van der Waals surface area (Å²) in [4.78, 5) is 42.5. The minimum atomic E-state index is -0.478. The van der Waals surface area contributed by atoms with E-state index in [1.807, 2.05) is 18.2 Å². The molecule has 4 aromatic heterocycles. The normalized spacial score (nSPS) is 10.9. The zero-order valence-corrected chi connectivity index (χ0v) is 21.8. The largest absolute Gasteiger partial charge is 0.462 e. The summed E-state index contributed by atoms with van der Waals surface area (Å²) in [5, 5.41) is 8.43. The number of nitrogens with zero attached hydrogens (tertiary/aromatic N) is 6. The van der Waals surface area contributed by atoms with Gasteiger partial charge < -0.3 is 15.8 Å². The van der Waals surface area contributed by atoms with E-state index in [2.05, 4.69) is 30.4 Å². The molecule has 0 fully saturated rings. The lowest BCUT2D eigenvalue weighted by molar-refractivity contribution is -0.115. The predicted octanol–water partition coefficient (Wildman–Crippen LogP) is 4.08. The number of carbonyl (C=O) groups is 2. The van der Waals surface area contributed by atoms with Crippen molar-refractivity contribution >= 4 is 46.0 Å². The van der Waals surface area contributed by atoms with Crippen LogP contribution in [0.2, 0.25) is 5.02 Å². The van der Waals surface area contributed by atoms with E-state index in [1.165, 1.54) is 6.20 Å². The number of aryl methyl sites for hydroxylation is 1. The van der Waals surface area contributed by atoms with Crippen LogP contribution in [-0.4, -0.2) is 48.2 Å². The maximum atomic E-state index is 12.9. The Kier molecular flexibility index (Phi) is 7.15. The fourth-order valence-corrected chi connectivity index (χ4v) is 4.23. The van der Waals surface area contributed by atoms with E-state index in [-0.39, 0.29) is 24.7 Å². The predicted molar refractivity (Wildman–Crippen MR) is 147 cm³/mol. The van der Waals surface area contributed by atoms with Crippen LogP contribution in [0.15, 0.2) is 61.1 Å². The summed E-state index contributed by atoms with van der Waals surface area (Å²) in [7, 11) is 1.79. The van der Waals surface area contributed by atoms with Gasteiger partial charge in [-0.05, 0) is 43.3 Å². The molecular formula is C27H23ClN8O3. The van der Waals surface area contributed by atoms with Crippen molar-refractivity contribution in [2.24, 2.45) is 7.05 Å². The first-order valence-electron chi connectivity index (χ1n) is 12.0. The van der Waals surface area contributed by atoms with Gasteiger partial charge in [0.05, 0.1) is 29.1 Å². The molecule has 196 valence electrons. The van der Waals surface area contributed by atoms with Crippen LogP contribution in [0.5, 0.6) is 0 Å². The van der Waals surface area contributed by atoms with E-state index in [9.17, 15) is 9.59 Å². The number of amides is 1. The number of nitrogens with one attached hydrogen (secondary N) is 1. The van der Waals surface area contributed by atoms with Crippen molar-refractivity contribution in [3.05, 3.63) is 77.3 Å². The number of aromatic nitrogens is 6. The van der Waals surface area contributed by atoms with Gasteiger partial charge in [0.2, 0.25) is 5.91 Å². The molecule has 1 amide bonds. The molecule has 0 aliphatic rings.